The molecule has 1 atom stereocenters. The van der Waals surface area contributed by atoms with Gasteiger partial charge in [-0.3, -0.25) is 9.59 Å². The maximum Gasteiger partial charge on any atom is 0.306 e. The molecule has 5 nitrogen and oxygen atoms in total. The Hall–Kier alpha value is -1.10. The van der Waals surface area contributed by atoms with Gasteiger partial charge in [-0.05, 0) is 12.8 Å². The molecular weight excluding hydrogens is 524 g/mol. The van der Waals surface area contributed by atoms with Gasteiger partial charge < -0.3 is 14.6 Å². The summed E-state index contributed by atoms with van der Waals surface area (Å²) >= 11 is 0. The number of aliphatic hydroxyl groups excluding tert-OH is 1. The van der Waals surface area contributed by atoms with Gasteiger partial charge in [-0.15, -0.1) is 0 Å². The van der Waals surface area contributed by atoms with Crippen molar-refractivity contribution in [3.05, 3.63) is 0 Å². The number of aliphatic hydroxyl groups is 1. The van der Waals surface area contributed by atoms with Crippen LogP contribution in [0.2, 0.25) is 0 Å². The third-order valence-electron chi connectivity index (χ3n) is 8.40. The first-order valence-corrected chi connectivity index (χ1v) is 18.6. The number of carbonyl (C=O) groups excluding carboxylic acids is 2. The smallest absolute Gasteiger partial charge is 0.306 e. The first-order valence-electron chi connectivity index (χ1n) is 18.6. The second kappa shape index (κ2) is 34.4. The molecule has 0 aliphatic heterocycles. The lowest BCUT2D eigenvalue weighted by Gasteiger charge is -2.15. The molecule has 1 N–H and O–H groups in total. The van der Waals surface area contributed by atoms with Crippen LogP contribution in [-0.2, 0) is 19.1 Å². The molecule has 0 aromatic heterocycles. The van der Waals surface area contributed by atoms with Crippen LogP contribution in [0.25, 0.3) is 0 Å². The van der Waals surface area contributed by atoms with Crippen LogP contribution >= 0.6 is 0 Å². The van der Waals surface area contributed by atoms with Crippen molar-refractivity contribution in [1.82, 2.24) is 0 Å². The zero-order valence-electron chi connectivity index (χ0n) is 28.3. The number of rotatable bonds is 34. The maximum atomic E-state index is 12.1. The molecule has 0 bridgehead atoms. The van der Waals surface area contributed by atoms with E-state index in [-0.39, 0.29) is 25.2 Å². The Morgan fingerprint density at radius 1 is 0.452 bits per heavy atom. The Morgan fingerprint density at radius 3 is 1.05 bits per heavy atom. The van der Waals surface area contributed by atoms with Gasteiger partial charge in [-0.2, -0.15) is 0 Å². The summed E-state index contributed by atoms with van der Waals surface area (Å²) in [4.78, 5) is 24.2. The van der Waals surface area contributed by atoms with E-state index in [4.69, 9.17) is 9.47 Å². The molecule has 0 aliphatic rings. The molecule has 0 saturated heterocycles. The van der Waals surface area contributed by atoms with Gasteiger partial charge in [0.1, 0.15) is 6.61 Å². The molecule has 0 aromatic rings. The molecule has 0 heterocycles. The van der Waals surface area contributed by atoms with Crippen molar-refractivity contribution >= 4 is 11.9 Å². The van der Waals surface area contributed by atoms with Crippen molar-refractivity contribution in [3.63, 3.8) is 0 Å². The monoisotopic (exact) mass is 597 g/mol. The van der Waals surface area contributed by atoms with Crippen molar-refractivity contribution in [1.29, 1.82) is 0 Å². The van der Waals surface area contributed by atoms with Gasteiger partial charge in [0.15, 0.2) is 6.10 Å². The highest BCUT2D eigenvalue weighted by atomic mass is 16.6. The van der Waals surface area contributed by atoms with Crippen LogP contribution in [0.15, 0.2) is 0 Å². The lowest BCUT2D eigenvalue weighted by molar-refractivity contribution is -0.161. The Kier molecular flexibility index (Phi) is 33.5. The number of hydrogen-bond acceptors (Lipinski definition) is 5. The molecule has 0 radical (unpaired) electrons. The Morgan fingerprint density at radius 2 is 0.738 bits per heavy atom. The van der Waals surface area contributed by atoms with Gasteiger partial charge in [0.05, 0.1) is 6.61 Å². The van der Waals surface area contributed by atoms with E-state index >= 15 is 0 Å². The van der Waals surface area contributed by atoms with Crippen LogP contribution in [0, 0.1) is 0 Å². The molecule has 0 rings (SSSR count). The highest BCUT2D eigenvalue weighted by Crippen LogP contribution is 2.15. The van der Waals surface area contributed by atoms with Gasteiger partial charge in [0.25, 0.3) is 0 Å². The Labute approximate surface area is 261 Å². The van der Waals surface area contributed by atoms with E-state index in [9.17, 15) is 14.7 Å². The SMILES string of the molecule is CCCCCCCCCCCCCCCCCC(=O)OCC(CO)OC(=O)CCCCCCCCCCCCCCC. The van der Waals surface area contributed by atoms with Crippen LogP contribution in [0.1, 0.15) is 206 Å². The predicted octanol–water partition coefficient (Wildman–Crippen LogP) is 11.2. The summed E-state index contributed by atoms with van der Waals surface area (Å²) in [6.07, 6.45) is 35.8. The van der Waals surface area contributed by atoms with Gasteiger partial charge in [-0.25, -0.2) is 0 Å². The zero-order chi connectivity index (χ0) is 30.8. The summed E-state index contributed by atoms with van der Waals surface area (Å²) in [6, 6.07) is 0. The van der Waals surface area contributed by atoms with E-state index in [1.807, 2.05) is 0 Å². The van der Waals surface area contributed by atoms with E-state index in [0.717, 1.165) is 32.1 Å². The normalized spacial score (nSPS) is 12.0. The van der Waals surface area contributed by atoms with Crippen molar-refractivity contribution in [3.8, 4) is 0 Å². The number of esters is 2. The third-order valence-corrected chi connectivity index (χ3v) is 8.40. The van der Waals surface area contributed by atoms with E-state index < -0.39 is 6.10 Å². The number of hydrogen-bond donors (Lipinski definition) is 1. The minimum atomic E-state index is -0.760. The fourth-order valence-corrected chi connectivity index (χ4v) is 5.55. The van der Waals surface area contributed by atoms with E-state index in [0.29, 0.717) is 12.8 Å². The molecule has 250 valence electrons. The summed E-state index contributed by atoms with van der Waals surface area (Å²) in [7, 11) is 0. The summed E-state index contributed by atoms with van der Waals surface area (Å²) < 4.78 is 10.6. The van der Waals surface area contributed by atoms with Gasteiger partial charge in [0, 0.05) is 12.8 Å². The molecule has 0 aromatic carbocycles. The van der Waals surface area contributed by atoms with Crippen LogP contribution in [0.3, 0.4) is 0 Å². The third kappa shape index (κ3) is 31.8. The molecule has 0 fully saturated rings. The number of ether oxygens (including phenoxy) is 2. The largest absolute Gasteiger partial charge is 0.462 e. The minimum absolute atomic E-state index is 0.0571. The standard InChI is InChI=1S/C37H72O5/c1-3-5-7-9-11-13-15-17-18-20-21-23-25-27-29-31-36(39)41-34-35(33-38)42-37(40)32-30-28-26-24-22-19-16-14-12-10-8-6-4-2/h35,38H,3-34H2,1-2H3. The van der Waals surface area contributed by atoms with Crippen molar-refractivity contribution in [2.75, 3.05) is 13.2 Å². The molecule has 1 unspecified atom stereocenters. The highest BCUT2D eigenvalue weighted by molar-refractivity contribution is 5.70. The van der Waals surface area contributed by atoms with Gasteiger partial charge in [0.2, 0.25) is 0 Å². The molecular formula is C37H72O5. The van der Waals surface area contributed by atoms with Crippen molar-refractivity contribution in [2.24, 2.45) is 0 Å². The van der Waals surface area contributed by atoms with Gasteiger partial charge in [-0.1, -0.05) is 181 Å². The fourth-order valence-electron chi connectivity index (χ4n) is 5.55. The molecule has 0 amide bonds. The van der Waals surface area contributed by atoms with Gasteiger partial charge >= 0.3 is 11.9 Å². The summed E-state index contributed by atoms with van der Waals surface area (Å²) in [6.45, 7) is 4.15. The van der Waals surface area contributed by atoms with Crippen LogP contribution < -0.4 is 0 Å². The summed E-state index contributed by atoms with van der Waals surface area (Å²) in [5.74, 6) is -0.578. The minimum Gasteiger partial charge on any atom is -0.462 e. The molecule has 0 aliphatic carbocycles. The Balaban J connectivity index is 3.51. The zero-order valence-corrected chi connectivity index (χ0v) is 28.3. The van der Waals surface area contributed by atoms with Crippen molar-refractivity contribution < 1.29 is 24.2 Å². The lowest BCUT2D eigenvalue weighted by atomic mass is 10.0. The van der Waals surface area contributed by atoms with E-state index in [1.165, 1.54) is 148 Å². The first kappa shape index (κ1) is 40.9. The highest BCUT2D eigenvalue weighted by Gasteiger charge is 2.16. The topological polar surface area (TPSA) is 72.8 Å². The van der Waals surface area contributed by atoms with Crippen molar-refractivity contribution in [2.45, 2.75) is 213 Å². The predicted molar refractivity (Wildman–Crippen MR) is 178 cm³/mol. The second-order valence-corrected chi connectivity index (χ2v) is 12.7. The van der Waals surface area contributed by atoms with Crippen LogP contribution in [0.4, 0.5) is 0 Å². The molecule has 5 heteroatoms. The second-order valence-electron chi connectivity index (χ2n) is 12.7. The fraction of sp³-hybridized carbons (Fsp3) is 0.946. The average Bonchev–Trinajstić information content (AvgIpc) is 2.99. The molecule has 0 spiro atoms. The van der Waals surface area contributed by atoms with E-state index in [1.54, 1.807) is 0 Å². The summed E-state index contributed by atoms with van der Waals surface area (Å²) in [5, 5.41) is 9.52. The number of carbonyl (C=O) groups is 2. The molecule has 42 heavy (non-hydrogen) atoms. The average molecular weight is 597 g/mol. The lowest BCUT2D eigenvalue weighted by Crippen LogP contribution is -2.28. The maximum absolute atomic E-state index is 12.1. The molecule has 0 saturated carbocycles. The Bertz CT molecular complexity index is 564. The number of unbranched alkanes of at least 4 members (excludes halogenated alkanes) is 26. The first-order chi connectivity index (χ1) is 20.6. The summed E-state index contributed by atoms with van der Waals surface area (Å²) in [5.41, 5.74) is 0. The van der Waals surface area contributed by atoms with Crippen LogP contribution in [-0.4, -0.2) is 36.4 Å². The van der Waals surface area contributed by atoms with E-state index in [2.05, 4.69) is 13.8 Å². The van der Waals surface area contributed by atoms with Crippen LogP contribution in [0.5, 0.6) is 0 Å². The quantitative estimate of drug-likeness (QED) is 0.0591.